The van der Waals surface area contributed by atoms with Crippen molar-refractivity contribution in [1.29, 1.82) is 5.26 Å². The number of carbonyl (C=O) groups excluding carboxylic acids is 1. The molecule has 1 amide bonds. The molecule has 5 nitrogen and oxygen atoms in total. The summed E-state index contributed by atoms with van der Waals surface area (Å²) in [6, 6.07) is 10.3. The van der Waals surface area contributed by atoms with E-state index in [9.17, 15) is 9.18 Å². The molecule has 26 heavy (non-hydrogen) atoms. The number of fused-ring (bicyclic) bond motifs is 3. The van der Waals surface area contributed by atoms with Crippen LogP contribution >= 0.6 is 0 Å². The van der Waals surface area contributed by atoms with E-state index in [2.05, 4.69) is 4.98 Å². The number of rotatable bonds is 2. The van der Waals surface area contributed by atoms with Gasteiger partial charge in [-0.2, -0.15) is 5.26 Å². The quantitative estimate of drug-likeness (QED) is 0.715. The van der Waals surface area contributed by atoms with E-state index in [0.717, 1.165) is 18.4 Å². The summed E-state index contributed by atoms with van der Waals surface area (Å²) in [5.74, 6) is -0.572. The second kappa shape index (κ2) is 5.40. The van der Waals surface area contributed by atoms with E-state index in [1.807, 2.05) is 27.7 Å². The second-order valence-electron chi connectivity index (χ2n) is 6.78. The average Bonchev–Trinajstić information content (AvgIpc) is 3.44. The molecule has 3 heterocycles. The van der Waals surface area contributed by atoms with Gasteiger partial charge in [0, 0.05) is 36.5 Å². The predicted octanol–water partition coefficient (Wildman–Crippen LogP) is 3.33. The minimum absolute atomic E-state index is 0.0597. The van der Waals surface area contributed by atoms with E-state index in [0.29, 0.717) is 41.5 Å². The van der Waals surface area contributed by atoms with Crippen LogP contribution in [-0.2, 0) is 6.54 Å². The lowest BCUT2D eigenvalue weighted by molar-refractivity contribution is 0.0694. The van der Waals surface area contributed by atoms with Crippen LogP contribution < -0.4 is 0 Å². The Labute approximate surface area is 149 Å². The van der Waals surface area contributed by atoms with Crippen LogP contribution in [0, 0.1) is 17.1 Å². The van der Waals surface area contributed by atoms with Crippen molar-refractivity contribution in [3.63, 3.8) is 0 Å². The summed E-state index contributed by atoms with van der Waals surface area (Å²) in [7, 11) is 0. The van der Waals surface area contributed by atoms with Gasteiger partial charge in [-0.25, -0.2) is 4.39 Å². The first kappa shape index (κ1) is 15.1. The Morgan fingerprint density at radius 3 is 2.81 bits per heavy atom. The summed E-state index contributed by atoms with van der Waals surface area (Å²) in [6.07, 6.45) is 3.72. The highest BCUT2D eigenvalue weighted by Gasteiger charge is 2.39. The molecule has 2 aliphatic rings. The fourth-order valence-corrected chi connectivity index (χ4v) is 3.85. The van der Waals surface area contributed by atoms with Crippen LogP contribution in [0.4, 0.5) is 4.39 Å². The lowest BCUT2D eigenvalue weighted by atomic mass is 10.0. The molecule has 1 fully saturated rings. The number of nitriles is 1. The molecule has 1 aromatic carbocycles. The van der Waals surface area contributed by atoms with Gasteiger partial charge in [0.05, 0.1) is 22.7 Å². The Kier molecular flexibility index (Phi) is 3.13. The first-order chi connectivity index (χ1) is 12.7. The molecule has 0 atom stereocenters. The fraction of sp³-hybridized carbons (Fsp3) is 0.250. The molecule has 0 N–H and O–H groups in total. The largest absolute Gasteiger partial charge is 0.333 e. The van der Waals surface area contributed by atoms with Crippen molar-refractivity contribution < 1.29 is 9.18 Å². The molecule has 2 aromatic heterocycles. The van der Waals surface area contributed by atoms with Crippen LogP contribution in [0.25, 0.3) is 22.2 Å². The van der Waals surface area contributed by atoms with E-state index >= 15 is 0 Å². The Morgan fingerprint density at radius 2 is 2.08 bits per heavy atom. The van der Waals surface area contributed by atoms with Gasteiger partial charge < -0.3 is 9.47 Å². The first-order valence-electron chi connectivity index (χ1n) is 8.67. The SMILES string of the molecule is N#Cc1ccc(-c2c3n(c4cccnc24)CCN(C2CC2)C3=O)c(F)c1. The molecular formula is C20H15FN4O. The topological polar surface area (TPSA) is 61.9 Å². The number of halogens is 1. The predicted molar refractivity (Wildman–Crippen MR) is 93.9 cm³/mol. The summed E-state index contributed by atoms with van der Waals surface area (Å²) < 4.78 is 16.7. The highest BCUT2D eigenvalue weighted by Crippen LogP contribution is 2.39. The number of hydrogen-bond acceptors (Lipinski definition) is 3. The molecule has 3 aromatic rings. The van der Waals surface area contributed by atoms with Crippen LogP contribution in [0.2, 0.25) is 0 Å². The standard InChI is InChI=1S/C20H15FN4O/c21-15-10-12(11-22)3-6-14(15)17-18-16(2-1-7-23-18)25-9-8-24(13-4-5-13)20(26)19(17)25/h1-3,6-7,10,13H,4-5,8-9H2. The third-order valence-corrected chi connectivity index (χ3v) is 5.20. The summed E-state index contributed by atoms with van der Waals surface area (Å²) in [5, 5.41) is 9.00. The van der Waals surface area contributed by atoms with Crippen molar-refractivity contribution in [3.8, 4) is 17.2 Å². The molecule has 5 rings (SSSR count). The number of hydrogen-bond donors (Lipinski definition) is 0. The van der Waals surface area contributed by atoms with Crippen LogP contribution in [0.5, 0.6) is 0 Å². The molecule has 0 bridgehead atoms. The molecule has 1 aliphatic heterocycles. The van der Waals surface area contributed by atoms with Gasteiger partial charge >= 0.3 is 0 Å². The maximum atomic E-state index is 14.8. The highest BCUT2D eigenvalue weighted by atomic mass is 19.1. The van der Waals surface area contributed by atoms with E-state index in [1.165, 1.54) is 6.07 Å². The van der Waals surface area contributed by atoms with Gasteiger partial charge in [0.25, 0.3) is 5.91 Å². The molecular weight excluding hydrogens is 331 g/mol. The van der Waals surface area contributed by atoms with Crippen molar-refractivity contribution in [2.75, 3.05) is 6.54 Å². The zero-order chi connectivity index (χ0) is 17.8. The smallest absolute Gasteiger partial charge is 0.271 e. The van der Waals surface area contributed by atoms with Gasteiger partial charge in [-0.3, -0.25) is 9.78 Å². The summed E-state index contributed by atoms with van der Waals surface area (Å²) in [4.78, 5) is 19.5. The number of carbonyl (C=O) groups is 1. The molecule has 1 saturated carbocycles. The summed E-state index contributed by atoms with van der Waals surface area (Å²) in [6.45, 7) is 1.35. The Morgan fingerprint density at radius 1 is 1.23 bits per heavy atom. The van der Waals surface area contributed by atoms with Gasteiger partial charge in [-0.05, 0) is 43.2 Å². The van der Waals surface area contributed by atoms with E-state index in [1.54, 1.807) is 18.3 Å². The van der Waals surface area contributed by atoms with Gasteiger partial charge in [0.1, 0.15) is 11.5 Å². The maximum absolute atomic E-state index is 14.8. The molecule has 128 valence electrons. The van der Waals surface area contributed by atoms with Gasteiger partial charge in [-0.1, -0.05) is 0 Å². The Balaban J connectivity index is 1.80. The van der Waals surface area contributed by atoms with Gasteiger partial charge in [-0.15, -0.1) is 0 Å². The third kappa shape index (κ3) is 2.07. The fourth-order valence-electron chi connectivity index (χ4n) is 3.85. The summed E-state index contributed by atoms with van der Waals surface area (Å²) >= 11 is 0. The van der Waals surface area contributed by atoms with Crippen LogP contribution in [0.1, 0.15) is 28.9 Å². The maximum Gasteiger partial charge on any atom is 0.271 e. The summed E-state index contributed by atoms with van der Waals surface area (Å²) in [5.41, 5.74) is 3.05. The Hall–Kier alpha value is -3.20. The van der Waals surface area contributed by atoms with E-state index in [4.69, 9.17) is 5.26 Å². The van der Waals surface area contributed by atoms with Crippen molar-refractivity contribution in [2.45, 2.75) is 25.4 Å². The average molecular weight is 346 g/mol. The van der Waals surface area contributed by atoms with Crippen molar-refractivity contribution in [1.82, 2.24) is 14.5 Å². The van der Waals surface area contributed by atoms with E-state index < -0.39 is 5.82 Å². The molecule has 0 spiro atoms. The van der Waals surface area contributed by atoms with Gasteiger partial charge in [0.2, 0.25) is 0 Å². The third-order valence-electron chi connectivity index (χ3n) is 5.20. The lowest BCUT2D eigenvalue weighted by Gasteiger charge is -2.29. The number of amides is 1. The lowest BCUT2D eigenvalue weighted by Crippen LogP contribution is -2.41. The minimum Gasteiger partial charge on any atom is -0.333 e. The van der Waals surface area contributed by atoms with Crippen LogP contribution in [0.15, 0.2) is 36.5 Å². The van der Waals surface area contributed by atoms with E-state index in [-0.39, 0.29) is 11.5 Å². The number of benzene rings is 1. The Bertz CT molecular complexity index is 1110. The molecule has 0 unspecified atom stereocenters. The number of pyridine rings is 1. The van der Waals surface area contributed by atoms with Crippen LogP contribution in [0.3, 0.4) is 0 Å². The van der Waals surface area contributed by atoms with Crippen LogP contribution in [-0.4, -0.2) is 32.9 Å². The van der Waals surface area contributed by atoms with Crippen molar-refractivity contribution in [2.24, 2.45) is 0 Å². The molecule has 0 saturated heterocycles. The number of nitrogens with zero attached hydrogens (tertiary/aromatic N) is 4. The second-order valence-corrected chi connectivity index (χ2v) is 6.78. The van der Waals surface area contributed by atoms with Crippen molar-refractivity contribution >= 4 is 16.9 Å². The monoisotopic (exact) mass is 346 g/mol. The molecule has 6 heteroatoms. The molecule has 0 radical (unpaired) electrons. The van der Waals surface area contributed by atoms with Crippen molar-refractivity contribution in [3.05, 3.63) is 53.6 Å². The zero-order valence-electron chi connectivity index (χ0n) is 13.9. The minimum atomic E-state index is -0.513. The van der Waals surface area contributed by atoms with Gasteiger partial charge in [0.15, 0.2) is 0 Å². The normalized spacial score (nSPS) is 16.6. The molecule has 1 aliphatic carbocycles. The zero-order valence-corrected chi connectivity index (χ0v) is 13.9. The first-order valence-corrected chi connectivity index (χ1v) is 8.67. The highest BCUT2D eigenvalue weighted by molar-refractivity contribution is 6.09. The number of aromatic nitrogens is 2.